The average molecular weight is 269 g/mol. The van der Waals surface area contributed by atoms with Crippen LogP contribution < -0.4 is 5.32 Å². The van der Waals surface area contributed by atoms with E-state index in [-0.39, 0.29) is 0 Å². The van der Waals surface area contributed by atoms with Gasteiger partial charge in [-0.1, -0.05) is 33.1 Å². The summed E-state index contributed by atoms with van der Waals surface area (Å²) in [6, 6.07) is 1.34. The topological polar surface area (TPSA) is 18.5 Å². The average Bonchev–Trinajstić information content (AvgIpc) is 2.56. The van der Waals surface area contributed by atoms with Gasteiger partial charge in [-0.15, -0.1) is 0 Å². The van der Waals surface area contributed by atoms with Gasteiger partial charge in [0.25, 0.3) is 0 Å². The van der Waals surface area contributed by atoms with Gasteiger partial charge >= 0.3 is 0 Å². The van der Waals surface area contributed by atoms with Crippen molar-refractivity contribution < 1.29 is 0 Å². The highest BCUT2D eigenvalue weighted by atomic mass is 15.2. The zero-order chi connectivity index (χ0) is 14.1. The Balaban J connectivity index is 2.57. The lowest BCUT2D eigenvalue weighted by Gasteiger charge is -2.35. The summed E-state index contributed by atoms with van der Waals surface area (Å²) in [7, 11) is 4.58. The molecule has 3 heteroatoms. The maximum atomic E-state index is 3.81. The molecule has 1 aliphatic rings. The van der Waals surface area contributed by atoms with Crippen LogP contribution in [0, 0.1) is 0 Å². The molecule has 0 radical (unpaired) electrons. The first-order valence-corrected chi connectivity index (χ1v) is 8.31. The normalized spacial score (nSPS) is 24.3. The van der Waals surface area contributed by atoms with Crippen molar-refractivity contribution in [3.8, 4) is 0 Å². The zero-order valence-corrected chi connectivity index (χ0v) is 13.6. The number of likely N-dealkylation sites (N-methyl/N-ethyl adjacent to an activating group) is 2. The molecule has 0 saturated carbocycles. The van der Waals surface area contributed by atoms with Gasteiger partial charge in [0.05, 0.1) is 0 Å². The largest absolute Gasteiger partial charge is 0.312 e. The maximum absolute atomic E-state index is 3.81. The Labute approximate surface area is 120 Å². The van der Waals surface area contributed by atoms with E-state index in [4.69, 9.17) is 0 Å². The van der Waals surface area contributed by atoms with Crippen LogP contribution in [0.3, 0.4) is 0 Å². The number of nitrogens with one attached hydrogen (secondary N) is 1. The van der Waals surface area contributed by atoms with Crippen LogP contribution in [0.1, 0.15) is 52.4 Å². The number of hydrogen-bond donors (Lipinski definition) is 1. The number of unbranched alkanes of at least 4 members (excludes halogenated alkanes) is 2. The summed E-state index contributed by atoms with van der Waals surface area (Å²) in [5.41, 5.74) is 0. The van der Waals surface area contributed by atoms with Gasteiger partial charge in [-0.2, -0.15) is 0 Å². The van der Waals surface area contributed by atoms with E-state index < -0.39 is 0 Å². The van der Waals surface area contributed by atoms with E-state index >= 15 is 0 Å². The van der Waals surface area contributed by atoms with Gasteiger partial charge in [-0.25, -0.2) is 0 Å². The molecule has 1 heterocycles. The molecule has 0 amide bonds. The van der Waals surface area contributed by atoms with Crippen LogP contribution in [0.15, 0.2) is 0 Å². The van der Waals surface area contributed by atoms with Crippen molar-refractivity contribution in [3.63, 3.8) is 0 Å². The smallest absolute Gasteiger partial charge is 0.0373 e. The number of rotatable bonds is 8. The molecule has 114 valence electrons. The van der Waals surface area contributed by atoms with Crippen molar-refractivity contribution in [2.45, 2.75) is 64.5 Å². The fourth-order valence-electron chi connectivity index (χ4n) is 3.11. The summed E-state index contributed by atoms with van der Waals surface area (Å²) < 4.78 is 0. The summed E-state index contributed by atoms with van der Waals surface area (Å²) in [5, 5.41) is 3.81. The maximum Gasteiger partial charge on any atom is 0.0373 e. The molecule has 0 aromatic rings. The second-order valence-corrected chi connectivity index (χ2v) is 6.22. The van der Waals surface area contributed by atoms with Gasteiger partial charge in [0.15, 0.2) is 0 Å². The van der Waals surface area contributed by atoms with E-state index in [0.29, 0.717) is 12.1 Å². The lowest BCUT2D eigenvalue weighted by atomic mass is 9.99. The molecule has 0 bridgehead atoms. The van der Waals surface area contributed by atoms with Crippen LogP contribution in [0.4, 0.5) is 0 Å². The SMILES string of the molecule is CCCCCC(NCCC)C1CN(C)CCCN1C. The van der Waals surface area contributed by atoms with Gasteiger partial charge < -0.3 is 15.1 Å². The molecule has 2 unspecified atom stereocenters. The van der Waals surface area contributed by atoms with Crippen molar-refractivity contribution in [2.75, 3.05) is 40.3 Å². The van der Waals surface area contributed by atoms with Crippen LogP contribution >= 0.6 is 0 Å². The molecule has 3 nitrogen and oxygen atoms in total. The van der Waals surface area contributed by atoms with Crippen LogP contribution in [-0.4, -0.2) is 62.2 Å². The summed E-state index contributed by atoms with van der Waals surface area (Å²) in [6.07, 6.45) is 7.93. The van der Waals surface area contributed by atoms with Crippen molar-refractivity contribution in [1.29, 1.82) is 0 Å². The molecule has 0 aromatic carbocycles. The molecule has 19 heavy (non-hydrogen) atoms. The van der Waals surface area contributed by atoms with E-state index in [1.807, 2.05) is 0 Å². The lowest BCUT2D eigenvalue weighted by molar-refractivity contribution is 0.170. The molecule has 1 N–H and O–H groups in total. The van der Waals surface area contributed by atoms with Crippen molar-refractivity contribution in [1.82, 2.24) is 15.1 Å². The predicted octanol–water partition coefficient (Wildman–Crippen LogP) is 2.57. The Morgan fingerprint density at radius 1 is 1.11 bits per heavy atom. The van der Waals surface area contributed by atoms with Crippen molar-refractivity contribution in [3.05, 3.63) is 0 Å². The highest BCUT2D eigenvalue weighted by Gasteiger charge is 2.27. The molecule has 1 rings (SSSR count). The standard InChI is InChI=1S/C16H35N3/c1-5-7-8-10-15(17-11-6-2)16-14-18(3)12-9-13-19(16)4/h15-17H,5-14H2,1-4H3. The van der Waals surface area contributed by atoms with E-state index in [1.54, 1.807) is 0 Å². The fourth-order valence-corrected chi connectivity index (χ4v) is 3.11. The van der Waals surface area contributed by atoms with Crippen LogP contribution in [0.25, 0.3) is 0 Å². The van der Waals surface area contributed by atoms with Crippen LogP contribution in [0.5, 0.6) is 0 Å². The molecule has 0 aliphatic carbocycles. The monoisotopic (exact) mass is 269 g/mol. The molecular weight excluding hydrogens is 234 g/mol. The first-order chi connectivity index (χ1) is 9.19. The third-order valence-electron chi connectivity index (χ3n) is 4.36. The predicted molar refractivity (Wildman–Crippen MR) is 84.8 cm³/mol. The Morgan fingerprint density at radius 3 is 2.58 bits per heavy atom. The minimum atomic E-state index is 0.664. The highest BCUT2D eigenvalue weighted by molar-refractivity contribution is 4.87. The fraction of sp³-hybridized carbons (Fsp3) is 1.00. The zero-order valence-electron chi connectivity index (χ0n) is 13.6. The number of nitrogens with zero attached hydrogens (tertiary/aromatic N) is 2. The third kappa shape index (κ3) is 6.24. The quantitative estimate of drug-likeness (QED) is 0.683. The van der Waals surface area contributed by atoms with E-state index in [0.717, 1.165) is 6.54 Å². The summed E-state index contributed by atoms with van der Waals surface area (Å²) >= 11 is 0. The van der Waals surface area contributed by atoms with E-state index in [1.165, 1.54) is 58.2 Å². The molecule has 1 saturated heterocycles. The molecule has 0 spiro atoms. The van der Waals surface area contributed by atoms with E-state index in [2.05, 4.69) is 43.1 Å². The lowest BCUT2D eigenvalue weighted by Crippen LogP contribution is -2.52. The van der Waals surface area contributed by atoms with Gasteiger partial charge in [0.2, 0.25) is 0 Å². The van der Waals surface area contributed by atoms with Gasteiger partial charge in [-0.3, -0.25) is 0 Å². The molecular formula is C16H35N3. The molecule has 1 fully saturated rings. The van der Waals surface area contributed by atoms with Crippen LogP contribution in [0.2, 0.25) is 0 Å². The summed E-state index contributed by atoms with van der Waals surface area (Å²) in [5.74, 6) is 0. The van der Waals surface area contributed by atoms with E-state index in [9.17, 15) is 0 Å². The second kappa shape index (κ2) is 9.73. The first-order valence-electron chi connectivity index (χ1n) is 8.31. The highest BCUT2D eigenvalue weighted by Crippen LogP contribution is 2.15. The third-order valence-corrected chi connectivity index (χ3v) is 4.36. The minimum Gasteiger partial charge on any atom is -0.312 e. The molecule has 0 aromatic heterocycles. The van der Waals surface area contributed by atoms with Gasteiger partial charge in [-0.05, 0) is 53.0 Å². The van der Waals surface area contributed by atoms with Gasteiger partial charge in [0.1, 0.15) is 0 Å². The van der Waals surface area contributed by atoms with Gasteiger partial charge in [0, 0.05) is 18.6 Å². The first kappa shape index (κ1) is 16.9. The van der Waals surface area contributed by atoms with Crippen molar-refractivity contribution >= 4 is 0 Å². The summed E-state index contributed by atoms with van der Waals surface area (Å²) in [4.78, 5) is 5.09. The Kier molecular flexibility index (Phi) is 8.67. The minimum absolute atomic E-state index is 0.664. The Bertz CT molecular complexity index is 220. The molecule has 1 aliphatic heterocycles. The Hall–Kier alpha value is -0.120. The second-order valence-electron chi connectivity index (χ2n) is 6.22. The van der Waals surface area contributed by atoms with Crippen molar-refractivity contribution in [2.24, 2.45) is 0 Å². The number of hydrogen-bond acceptors (Lipinski definition) is 3. The summed E-state index contributed by atoms with van der Waals surface area (Å²) in [6.45, 7) is 9.41. The van der Waals surface area contributed by atoms with Crippen LogP contribution in [-0.2, 0) is 0 Å². The molecule has 2 atom stereocenters. The Morgan fingerprint density at radius 2 is 1.89 bits per heavy atom.